The van der Waals surface area contributed by atoms with Crippen molar-refractivity contribution in [2.75, 3.05) is 17.7 Å². The maximum atomic E-state index is 12.8. The SMILES string of the molecule is CNc1nc(Nc2cn(CC(F)(F)F)nc2C)ncc1C(F)(F)F. The van der Waals surface area contributed by atoms with E-state index in [2.05, 4.69) is 25.7 Å². The van der Waals surface area contributed by atoms with Gasteiger partial charge in [-0.15, -0.1) is 0 Å². The Morgan fingerprint density at radius 1 is 1.17 bits per heavy atom. The molecule has 0 saturated heterocycles. The van der Waals surface area contributed by atoms with Gasteiger partial charge in [0.2, 0.25) is 5.95 Å². The van der Waals surface area contributed by atoms with Gasteiger partial charge >= 0.3 is 12.4 Å². The molecular formula is C12H12F6N6. The van der Waals surface area contributed by atoms with Gasteiger partial charge < -0.3 is 10.6 Å². The molecule has 0 atom stereocenters. The first kappa shape index (κ1) is 17.8. The summed E-state index contributed by atoms with van der Waals surface area (Å²) in [5.41, 5.74) is -0.685. The molecule has 2 heterocycles. The minimum atomic E-state index is -4.63. The molecule has 2 aromatic heterocycles. The van der Waals surface area contributed by atoms with E-state index in [1.54, 1.807) is 0 Å². The average molecular weight is 354 g/mol. The van der Waals surface area contributed by atoms with E-state index >= 15 is 0 Å². The molecule has 24 heavy (non-hydrogen) atoms. The van der Waals surface area contributed by atoms with E-state index < -0.39 is 30.3 Å². The van der Waals surface area contributed by atoms with E-state index in [9.17, 15) is 26.3 Å². The topological polar surface area (TPSA) is 67.7 Å². The number of rotatable bonds is 4. The van der Waals surface area contributed by atoms with Crippen LogP contribution in [-0.4, -0.2) is 33.0 Å². The molecule has 2 rings (SSSR count). The Kier molecular flexibility index (Phi) is 4.58. The summed E-state index contributed by atoms with van der Waals surface area (Å²) in [5, 5.41) is 8.52. The zero-order chi connectivity index (χ0) is 18.1. The minimum absolute atomic E-state index is 0.154. The number of alkyl halides is 6. The number of hydrogen-bond donors (Lipinski definition) is 2. The summed E-state index contributed by atoms with van der Waals surface area (Å²) >= 11 is 0. The molecule has 0 unspecified atom stereocenters. The molecule has 12 heteroatoms. The molecule has 0 aromatic carbocycles. The first-order valence-electron chi connectivity index (χ1n) is 6.49. The van der Waals surface area contributed by atoms with E-state index in [4.69, 9.17) is 0 Å². The smallest absolute Gasteiger partial charge is 0.372 e. The van der Waals surface area contributed by atoms with Crippen LogP contribution in [-0.2, 0) is 12.7 Å². The molecule has 0 fully saturated rings. The number of halogens is 6. The maximum absolute atomic E-state index is 12.8. The fraction of sp³-hybridized carbons (Fsp3) is 0.417. The molecule has 0 spiro atoms. The lowest BCUT2D eigenvalue weighted by atomic mass is 10.3. The monoisotopic (exact) mass is 354 g/mol. The molecular weight excluding hydrogens is 342 g/mol. The van der Waals surface area contributed by atoms with Crippen molar-refractivity contribution in [3.63, 3.8) is 0 Å². The maximum Gasteiger partial charge on any atom is 0.421 e. The molecule has 6 nitrogen and oxygen atoms in total. The Labute approximate surface area is 131 Å². The van der Waals surface area contributed by atoms with E-state index in [0.29, 0.717) is 10.9 Å². The van der Waals surface area contributed by atoms with Crippen molar-refractivity contribution in [1.82, 2.24) is 19.7 Å². The van der Waals surface area contributed by atoms with Gasteiger partial charge in [-0.05, 0) is 6.92 Å². The highest BCUT2D eigenvalue weighted by molar-refractivity contribution is 5.57. The van der Waals surface area contributed by atoms with Crippen LogP contribution in [0.5, 0.6) is 0 Å². The number of nitrogens with one attached hydrogen (secondary N) is 2. The summed E-state index contributed by atoms with van der Waals surface area (Å²) in [6.07, 6.45) is -7.43. The van der Waals surface area contributed by atoms with Crippen molar-refractivity contribution in [2.24, 2.45) is 0 Å². The zero-order valence-corrected chi connectivity index (χ0v) is 12.4. The van der Waals surface area contributed by atoms with Gasteiger partial charge in [0.05, 0.1) is 11.4 Å². The molecule has 0 aliphatic rings. The number of nitrogens with zero attached hydrogens (tertiary/aromatic N) is 4. The number of aromatic nitrogens is 4. The van der Waals surface area contributed by atoms with Gasteiger partial charge in [0.25, 0.3) is 0 Å². The van der Waals surface area contributed by atoms with Gasteiger partial charge in [-0.1, -0.05) is 0 Å². The first-order chi connectivity index (χ1) is 11.0. The van der Waals surface area contributed by atoms with Crippen LogP contribution in [0, 0.1) is 6.92 Å². The summed E-state index contributed by atoms with van der Waals surface area (Å²) in [6, 6.07) is 0. The van der Waals surface area contributed by atoms with Crippen LogP contribution in [0.1, 0.15) is 11.3 Å². The lowest BCUT2D eigenvalue weighted by Crippen LogP contribution is -2.18. The Bertz CT molecular complexity index is 720. The molecule has 0 aliphatic carbocycles. The minimum Gasteiger partial charge on any atom is -0.372 e. The Hall–Kier alpha value is -2.53. The third-order valence-corrected chi connectivity index (χ3v) is 2.87. The largest absolute Gasteiger partial charge is 0.421 e. The second-order valence-electron chi connectivity index (χ2n) is 4.77. The van der Waals surface area contributed by atoms with Gasteiger partial charge in [0.1, 0.15) is 17.9 Å². The predicted octanol–water partition coefficient (Wildman–Crippen LogP) is 3.35. The molecule has 0 saturated carbocycles. The standard InChI is InChI=1S/C12H12F6N6/c1-6-8(4-24(23-6)5-11(13,14)15)21-10-20-3-7(12(16,17)18)9(19-2)22-10/h3-4H,5H2,1-2H3,(H2,19,20,21,22). The van der Waals surface area contributed by atoms with Crippen molar-refractivity contribution in [3.05, 3.63) is 23.7 Å². The molecule has 132 valence electrons. The lowest BCUT2D eigenvalue weighted by molar-refractivity contribution is -0.142. The van der Waals surface area contributed by atoms with Crippen LogP contribution in [0.3, 0.4) is 0 Å². The van der Waals surface area contributed by atoms with Crippen molar-refractivity contribution >= 4 is 17.5 Å². The van der Waals surface area contributed by atoms with Crippen LogP contribution < -0.4 is 10.6 Å². The van der Waals surface area contributed by atoms with Crippen LogP contribution >= 0.6 is 0 Å². The molecule has 2 aromatic rings. The fourth-order valence-corrected chi connectivity index (χ4v) is 1.87. The van der Waals surface area contributed by atoms with E-state index in [1.807, 2.05) is 0 Å². The summed E-state index contributed by atoms with van der Waals surface area (Å²) < 4.78 is 76.0. The summed E-state index contributed by atoms with van der Waals surface area (Å²) in [4.78, 5) is 7.20. The van der Waals surface area contributed by atoms with Crippen molar-refractivity contribution in [2.45, 2.75) is 25.8 Å². The first-order valence-corrected chi connectivity index (χ1v) is 6.49. The Morgan fingerprint density at radius 2 is 1.83 bits per heavy atom. The van der Waals surface area contributed by atoms with Gasteiger partial charge in [-0.25, -0.2) is 4.98 Å². The Morgan fingerprint density at radius 3 is 2.38 bits per heavy atom. The van der Waals surface area contributed by atoms with Crippen LogP contribution in [0.25, 0.3) is 0 Å². The van der Waals surface area contributed by atoms with Crippen LogP contribution in [0.4, 0.5) is 43.8 Å². The van der Waals surface area contributed by atoms with Crippen LogP contribution in [0.2, 0.25) is 0 Å². The van der Waals surface area contributed by atoms with Gasteiger partial charge in [0.15, 0.2) is 0 Å². The van der Waals surface area contributed by atoms with E-state index in [0.717, 1.165) is 6.20 Å². The van der Waals surface area contributed by atoms with Crippen molar-refractivity contribution in [3.8, 4) is 0 Å². The third kappa shape index (κ3) is 4.26. The fourth-order valence-electron chi connectivity index (χ4n) is 1.87. The van der Waals surface area contributed by atoms with Gasteiger partial charge in [-0.3, -0.25) is 4.68 Å². The number of anilines is 3. The molecule has 0 aliphatic heterocycles. The Balaban J connectivity index is 2.26. The van der Waals surface area contributed by atoms with Crippen LogP contribution in [0.15, 0.2) is 12.4 Å². The highest BCUT2D eigenvalue weighted by Gasteiger charge is 2.35. The van der Waals surface area contributed by atoms with Crippen molar-refractivity contribution in [1.29, 1.82) is 0 Å². The second kappa shape index (κ2) is 6.17. The number of aryl methyl sites for hydroxylation is 1. The summed E-state index contributed by atoms with van der Waals surface area (Å²) in [6.45, 7) is 0.156. The third-order valence-electron chi connectivity index (χ3n) is 2.87. The average Bonchev–Trinajstić information content (AvgIpc) is 2.75. The lowest BCUT2D eigenvalue weighted by Gasteiger charge is -2.12. The van der Waals surface area contributed by atoms with Crippen molar-refractivity contribution < 1.29 is 26.3 Å². The molecule has 0 amide bonds. The normalized spacial score (nSPS) is 12.3. The zero-order valence-electron chi connectivity index (χ0n) is 12.4. The number of hydrogen-bond acceptors (Lipinski definition) is 5. The predicted molar refractivity (Wildman–Crippen MR) is 72.9 cm³/mol. The van der Waals surface area contributed by atoms with Gasteiger partial charge in [0, 0.05) is 19.4 Å². The second-order valence-corrected chi connectivity index (χ2v) is 4.77. The van der Waals surface area contributed by atoms with E-state index in [-0.39, 0.29) is 17.3 Å². The van der Waals surface area contributed by atoms with E-state index in [1.165, 1.54) is 14.0 Å². The van der Waals surface area contributed by atoms with Gasteiger partial charge in [-0.2, -0.15) is 36.4 Å². The quantitative estimate of drug-likeness (QED) is 0.825. The highest BCUT2D eigenvalue weighted by atomic mass is 19.4. The molecule has 0 bridgehead atoms. The highest BCUT2D eigenvalue weighted by Crippen LogP contribution is 2.34. The molecule has 0 radical (unpaired) electrons. The summed E-state index contributed by atoms with van der Waals surface area (Å²) in [5.74, 6) is -0.664. The molecule has 2 N–H and O–H groups in total. The summed E-state index contributed by atoms with van der Waals surface area (Å²) in [7, 11) is 1.26.